The van der Waals surface area contributed by atoms with Crippen LogP contribution in [-0.4, -0.2) is 36.9 Å². The highest BCUT2D eigenvalue weighted by molar-refractivity contribution is 5.86. The Bertz CT molecular complexity index is 1100. The number of nitrogens with two attached hydrogens (primary N) is 1. The maximum Gasteiger partial charge on any atom is 0.154 e. The van der Waals surface area contributed by atoms with E-state index in [0.717, 1.165) is 65.0 Å². The predicted molar refractivity (Wildman–Crippen MR) is 107 cm³/mol. The second-order valence-electron chi connectivity index (χ2n) is 7.47. The summed E-state index contributed by atoms with van der Waals surface area (Å²) >= 11 is 0. The summed E-state index contributed by atoms with van der Waals surface area (Å²) in [5.41, 5.74) is 10.9. The largest absolute Gasteiger partial charge is 0.366 e. The predicted octanol–water partition coefficient (Wildman–Crippen LogP) is 3.26. The van der Waals surface area contributed by atoms with Crippen molar-refractivity contribution in [1.29, 1.82) is 0 Å². The summed E-state index contributed by atoms with van der Waals surface area (Å²) in [4.78, 5) is 4.52. The van der Waals surface area contributed by atoms with Crippen molar-refractivity contribution < 1.29 is 0 Å². The molecule has 138 valence electrons. The van der Waals surface area contributed by atoms with Crippen molar-refractivity contribution >= 4 is 22.4 Å². The lowest BCUT2D eigenvalue weighted by Gasteiger charge is -2.27. The Morgan fingerprint density at radius 1 is 1.15 bits per heavy atom. The molecule has 4 aromatic rings. The molecule has 0 radical (unpaired) electrons. The molecule has 1 aliphatic rings. The van der Waals surface area contributed by atoms with Gasteiger partial charge in [0.05, 0.1) is 17.4 Å². The molecule has 0 atom stereocenters. The third-order valence-corrected chi connectivity index (χ3v) is 5.53. The van der Waals surface area contributed by atoms with Gasteiger partial charge in [0.25, 0.3) is 0 Å². The van der Waals surface area contributed by atoms with Crippen LogP contribution in [-0.2, 0) is 0 Å². The molecular formula is C20H23N7. The van der Waals surface area contributed by atoms with Gasteiger partial charge in [0.15, 0.2) is 5.65 Å². The molecule has 7 nitrogen and oxygen atoms in total. The topological polar surface area (TPSA) is 96.9 Å². The first-order valence-electron chi connectivity index (χ1n) is 9.49. The third kappa shape index (κ3) is 2.94. The molecule has 0 amide bonds. The summed E-state index contributed by atoms with van der Waals surface area (Å²) in [5, 5.41) is 16.8. The van der Waals surface area contributed by atoms with Crippen LogP contribution in [0.25, 0.3) is 27.8 Å². The quantitative estimate of drug-likeness (QED) is 0.520. The summed E-state index contributed by atoms with van der Waals surface area (Å²) in [6.45, 7) is 2.03. The van der Waals surface area contributed by atoms with Gasteiger partial charge < -0.3 is 11.1 Å². The summed E-state index contributed by atoms with van der Waals surface area (Å²) in [6, 6.07) is 11.0. The molecule has 3 aromatic heterocycles. The van der Waals surface area contributed by atoms with Crippen LogP contribution < -0.4 is 11.1 Å². The molecule has 0 saturated heterocycles. The first-order chi connectivity index (χ1) is 13.2. The Labute approximate surface area is 157 Å². The zero-order valence-corrected chi connectivity index (χ0v) is 15.3. The number of nitrogens with one attached hydrogen (secondary N) is 2. The molecule has 7 heteroatoms. The Kier molecular flexibility index (Phi) is 3.82. The highest BCUT2D eigenvalue weighted by Gasteiger charge is 2.19. The minimum absolute atomic E-state index is 0.347. The van der Waals surface area contributed by atoms with Gasteiger partial charge in [0.1, 0.15) is 5.82 Å². The average Bonchev–Trinajstić information content (AvgIpc) is 3.27. The SMILES string of the molecule is Cc1[nH]nc2ccc(-c3cnc4ccc(NC5CCC(N)CC5)nn34)cc12. The molecule has 0 unspecified atom stereocenters. The van der Waals surface area contributed by atoms with Crippen molar-refractivity contribution in [3.05, 3.63) is 42.2 Å². The third-order valence-electron chi connectivity index (χ3n) is 5.53. The van der Waals surface area contributed by atoms with E-state index in [4.69, 9.17) is 10.8 Å². The molecule has 0 spiro atoms. The van der Waals surface area contributed by atoms with Crippen molar-refractivity contribution in [3.8, 4) is 11.3 Å². The fourth-order valence-electron chi connectivity index (χ4n) is 3.92. The lowest BCUT2D eigenvalue weighted by atomic mass is 9.92. The van der Waals surface area contributed by atoms with Gasteiger partial charge in [-0.2, -0.15) is 5.10 Å². The molecule has 4 N–H and O–H groups in total. The van der Waals surface area contributed by atoms with Crippen LogP contribution >= 0.6 is 0 Å². The molecular weight excluding hydrogens is 338 g/mol. The second-order valence-corrected chi connectivity index (χ2v) is 7.47. The van der Waals surface area contributed by atoms with Gasteiger partial charge in [-0.25, -0.2) is 9.50 Å². The molecule has 1 aliphatic carbocycles. The lowest BCUT2D eigenvalue weighted by Crippen LogP contribution is -2.33. The molecule has 1 saturated carbocycles. The van der Waals surface area contributed by atoms with Crippen LogP contribution in [0.3, 0.4) is 0 Å². The van der Waals surface area contributed by atoms with E-state index in [1.165, 1.54) is 0 Å². The average molecular weight is 361 g/mol. The first kappa shape index (κ1) is 16.3. The lowest BCUT2D eigenvalue weighted by molar-refractivity contribution is 0.410. The minimum Gasteiger partial charge on any atom is -0.366 e. The van der Waals surface area contributed by atoms with E-state index in [0.29, 0.717) is 12.1 Å². The Hall–Kier alpha value is -2.93. The number of aromatic amines is 1. The van der Waals surface area contributed by atoms with Crippen LogP contribution in [0.4, 0.5) is 5.82 Å². The number of H-pyrrole nitrogens is 1. The number of benzene rings is 1. The first-order valence-corrected chi connectivity index (χ1v) is 9.49. The summed E-state index contributed by atoms with van der Waals surface area (Å²) in [6.07, 6.45) is 6.20. The zero-order chi connectivity index (χ0) is 18.4. The van der Waals surface area contributed by atoms with Crippen molar-refractivity contribution in [3.63, 3.8) is 0 Å². The van der Waals surface area contributed by atoms with E-state index in [2.05, 4.69) is 32.6 Å². The Morgan fingerprint density at radius 3 is 2.85 bits per heavy atom. The molecule has 5 rings (SSSR count). The number of hydrogen-bond acceptors (Lipinski definition) is 5. The molecule has 1 aromatic carbocycles. The maximum absolute atomic E-state index is 6.01. The van der Waals surface area contributed by atoms with Crippen molar-refractivity contribution in [1.82, 2.24) is 24.8 Å². The number of hydrogen-bond donors (Lipinski definition) is 3. The van der Waals surface area contributed by atoms with Crippen LogP contribution in [0.5, 0.6) is 0 Å². The molecule has 0 bridgehead atoms. The van der Waals surface area contributed by atoms with E-state index in [9.17, 15) is 0 Å². The number of anilines is 1. The molecule has 3 heterocycles. The van der Waals surface area contributed by atoms with Gasteiger partial charge in [0.2, 0.25) is 0 Å². The number of fused-ring (bicyclic) bond motifs is 2. The van der Waals surface area contributed by atoms with E-state index in [1.807, 2.05) is 35.8 Å². The highest BCUT2D eigenvalue weighted by atomic mass is 15.3. The fourth-order valence-corrected chi connectivity index (χ4v) is 3.92. The van der Waals surface area contributed by atoms with Crippen LogP contribution in [0.15, 0.2) is 36.5 Å². The van der Waals surface area contributed by atoms with Crippen LogP contribution in [0.1, 0.15) is 31.4 Å². The number of imidazole rings is 1. The van der Waals surface area contributed by atoms with Crippen molar-refractivity contribution in [2.24, 2.45) is 5.73 Å². The number of aromatic nitrogens is 5. The van der Waals surface area contributed by atoms with Gasteiger partial charge in [0, 0.05) is 28.7 Å². The standard InChI is InChI=1S/C20H23N7/c1-12-16-10-13(2-7-17(16)25-24-12)18-11-22-20-9-8-19(26-27(18)20)23-15-5-3-14(21)4-6-15/h2,7-11,14-15H,3-6,21H2,1H3,(H,23,26)(H,24,25). The van der Waals surface area contributed by atoms with Gasteiger partial charge >= 0.3 is 0 Å². The van der Waals surface area contributed by atoms with Crippen LogP contribution in [0.2, 0.25) is 0 Å². The molecule has 1 fully saturated rings. The van der Waals surface area contributed by atoms with Gasteiger partial charge in [-0.1, -0.05) is 6.07 Å². The van der Waals surface area contributed by atoms with Gasteiger partial charge in [-0.15, -0.1) is 5.10 Å². The zero-order valence-electron chi connectivity index (χ0n) is 15.3. The van der Waals surface area contributed by atoms with Gasteiger partial charge in [-0.05, 0) is 56.9 Å². The van der Waals surface area contributed by atoms with E-state index >= 15 is 0 Å². The van der Waals surface area contributed by atoms with E-state index < -0.39 is 0 Å². The fraction of sp³-hybridized carbons (Fsp3) is 0.350. The smallest absolute Gasteiger partial charge is 0.154 e. The number of nitrogens with zero attached hydrogens (tertiary/aromatic N) is 4. The number of rotatable bonds is 3. The second kappa shape index (κ2) is 6.35. The van der Waals surface area contributed by atoms with Crippen LogP contribution in [0, 0.1) is 6.92 Å². The monoisotopic (exact) mass is 361 g/mol. The minimum atomic E-state index is 0.347. The summed E-state index contributed by atoms with van der Waals surface area (Å²) < 4.78 is 1.91. The summed E-state index contributed by atoms with van der Waals surface area (Å²) in [5.74, 6) is 0.878. The summed E-state index contributed by atoms with van der Waals surface area (Å²) in [7, 11) is 0. The number of aryl methyl sites for hydroxylation is 1. The maximum atomic E-state index is 6.01. The Morgan fingerprint density at radius 2 is 2.00 bits per heavy atom. The normalized spacial score (nSPS) is 20.4. The Balaban J connectivity index is 1.50. The van der Waals surface area contributed by atoms with Crippen molar-refractivity contribution in [2.75, 3.05) is 5.32 Å². The highest BCUT2D eigenvalue weighted by Crippen LogP contribution is 2.26. The van der Waals surface area contributed by atoms with Crippen molar-refractivity contribution in [2.45, 2.75) is 44.7 Å². The molecule has 27 heavy (non-hydrogen) atoms. The molecule has 0 aliphatic heterocycles. The van der Waals surface area contributed by atoms with E-state index in [1.54, 1.807) is 0 Å². The van der Waals surface area contributed by atoms with Gasteiger partial charge in [-0.3, -0.25) is 5.10 Å². The van der Waals surface area contributed by atoms with E-state index in [-0.39, 0.29) is 0 Å².